The molecule has 0 N–H and O–H groups in total. The van der Waals surface area contributed by atoms with E-state index in [1.165, 1.54) is 32.1 Å². The standard InChI is InChI=1S/C16H30O2/c1-3-5-8-14(4-2)13-15(17)10-11-16-9-6-7-12-18-16/h14,16H,3-13H2,1-2H3. The van der Waals surface area contributed by atoms with Gasteiger partial charge < -0.3 is 4.74 Å². The van der Waals surface area contributed by atoms with Crippen molar-refractivity contribution in [1.82, 2.24) is 0 Å². The molecule has 1 aliphatic rings. The minimum atomic E-state index is 0.360. The Bertz CT molecular complexity index is 219. The Balaban J connectivity index is 2.14. The molecule has 2 atom stereocenters. The molecule has 0 aromatic rings. The van der Waals surface area contributed by atoms with Crippen LogP contribution in [-0.2, 0) is 9.53 Å². The maximum absolute atomic E-state index is 12.0. The molecule has 1 rings (SSSR count). The Hall–Kier alpha value is -0.370. The Kier molecular flexibility index (Phi) is 8.32. The van der Waals surface area contributed by atoms with Crippen molar-refractivity contribution in [2.75, 3.05) is 6.61 Å². The molecule has 0 spiro atoms. The first-order valence-electron chi connectivity index (χ1n) is 7.89. The third-order valence-electron chi connectivity index (χ3n) is 4.08. The average molecular weight is 254 g/mol. The molecular weight excluding hydrogens is 224 g/mol. The van der Waals surface area contributed by atoms with Gasteiger partial charge in [-0.3, -0.25) is 4.79 Å². The Morgan fingerprint density at radius 3 is 2.78 bits per heavy atom. The molecule has 1 heterocycles. The molecule has 2 heteroatoms. The van der Waals surface area contributed by atoms with Crippen molar-refractivity contribution in [3.8, 4) is 0 Å². The SMILES string of the molecule is CCCCC(CC)CC(=O)CCC1CCCCO1. The molecule has 0 radical (unpaired) electrons. The summed E-state index contributed by atoms with van der Waals surface area (Å²) in [4.78, 5) is 12.0. The Morgan fingerprint density at radius 1 is 1.33 bits per heavy atom. The highest BCUT2D eigenvalue weighted by Gasteiger charge is 2.17. The fraction of sp³-hybridized carbons (Fsp3) is 0.938. The van der Waals surface area contributed by atoms with E-state index < -0.39 is 0 Å². The molecule has 2 nitrogen and oxygen atoms in total. The fourth-order valence-electron chi connectivity index (χ4n) is 2.72. The quantitative estimate of drug-likeness (QED) is 0.605. The zero-order valence-corrected chi connectivity index (χ0v) is 12.2. The second-order valence-electron chi connectivity index (χ2n) is 5.69. The van der Waals surface area contributed by atoms with Gasteiger partial charge in [0.2, 0.25) is 0 Å². The van der Waals surface area contributed by atoms with Gasteiger partial charge in [0.1, 0.15) is 5.78 Å². The normalized spacial score (nSPS) is 21.8. The summed E-state index contributed by atoms with van der Waals surface area (Å²) in [5, 5.41) is 0. The fourth-order valence-corrected chi connectivity index (χ4v) is 2.72. The van der Waals surface area contributed by atoms with Crippen LogP contribution in [0.5, 0.6) is 0 Å². The van der Waals surface area contributed by atoms with Crippen molar-refractivity contribution < 1.29 is 9.53 Å². The van der Waals surface area contributed by atoms with Crippen LogP contribution in [0.2, 0.25) is 0 Å². The van der Waals surface area contributed by atoms with E-state index in [1.54, 1.807) is 0 Å². The molecular formula is C16H30O2. The summed E-state index contributed by atoms with van der Waals surface area (Å²) in [7, 11) is 0. The topological polar surface area (TPSA) is 26.3 Å². The maximum Gasteiger partial charge on any atom is 0.133 e. The lowest BCUT2D eigenvalue weighted by Crippen LogP contribution is -2.20. The number of hydrogen-bond acceptors (Lipinski definition) is 2. The molecule has 1 fully saturated rings. The molecule has 0 aliphatic carbocycles. The van der Waals surface area contributed by atoms with Crippen LogP contribution in [-0.4, -0.2) is 18.5 Å². The molecule has 0 amide bonds. The molecule has 1 saturated heterocycles. The minimum Gasteiger partial charge on any atom is -0.378 e. The van der Waals surface area contributed by atoms with E-state index in [0.717, 1.165) is 38.7 Å². The van der Waals surface area contributed by atoms with Crippen molar-refractivity contribution >= 4 is 5.78 Å². The molecule has 1 aliphatic heterocycles. The van der Waals surface area contributed by atoms with E-state index in [4.69, 9.17) is 4.74 Å². The number of ketones is 1. The molecule has 0 aromatic heterocycles. The van der Waals surface area contributed by atoms with Crippen LogP contribution in [0, 0.1) is 5.92 Å². The zero-order chi connectivity index (χ0) is 13.2. The van der Waals surface area contributed by atoms with Crippen molar-refractivity contribution in [2.45, 2.75) is 84.2 Å². The third-order valence-corrected chi connectivity index (χ3v) is 4.08. The molecule has 106 valence electrons. The number of carbonyl (C=O) groups is 1. The van der Waals surface area contributed by atoms with E-state index >= 15 is 0 Å². The molecule has 0 saturated carbocycles. The van der Waals surface area contributed by atoms with Gasteiger partial charge in [-0.25, -0.2) is 0 Å². The van der Waals surface area contributed by atoms with E-state index in [0.29, 0.717) is 17.8 Å². The monoisotopic (exact) mass is 254 g/mol. The summed E-state index contributed by atoms with van der Waals surface area (Å²) < 4.78 is 5.67. The van der Waals surface area contributed by atoms with Crippen molar-refractivity contribution in [2.24, 2.45) is 5.92 Å². The van der Waals surface area contributed by atoms with Crippen LogP contribution in [0.25, 0.3) is 0 Å². The zero-order valence-electron chi connectivity index (χ0n) is 12.2. The van der Waals surface area contributed by atoms with Gasteiger partial charge in [0, 0.05) is 19.4 Å². The van der Waals surface area contributed by atoms with Gasteiger partial charge in [-0.1, -0.05) is 39.5 Å². The van der Waals surface area contributed by atoms with Gasteiger partial charge in [-0.15, -0.1) is 0 Å². The summed E-state index contributed by atoms with van der Waals surface area (Å²) in [6, 6.07) is 0. The predicted octanol–water partition coefficient (Wildman–Crippen LogP) is 4.51. The van der Waals surface area contributed by atoms with Gasteiger partial charge in [-0.05, 0) is 31.6 Å². The lowest BCUT2D eigenvalue weighted by molar-refractivity contribution is -0.121. The van der Waals surface area contributed by atoms with E-state index in [1.807, 2.05) is 0 Å². The number of ether oxygens (including phenoxy) is 1. The van der Waals surface area contributed by atoms with Crippen molar-refractivity contribution in [1.29, 1.82) is 0 Å². The van der Waals surface area contributed by atoms with Crippen molar-refractivity contribution in [3.05, 3.63) is 0 Å². The van der Waals surface area contributed by atoms with Gasteiger partial charge in [0.05, 0.1) is 6.10 Å². The van der Waals surface area contributed by atoms with E-state index in [-0.39, 0.29) is 0 Å². The van der Waals surface area contributed by atoms with E-state index in [9.17, 15) is 4.79 Å². The number of carbonyl (C=O) groups excluding carboxylic acids is 1. The largest absolute Gasteiger partial charge is 0.378 e. The summed E-state index contributed by atoms with van der Waals surface area (Å²) in [5.74, 6) is 1.07. The number of rotatable bonds is 9. The van der Waals surface area contributed by atoms with E-state index in [2.05, 4.69) is 13.8 Å². The number of hydrogen-bond donors (Lipinski definition) is 0. The first-order valence-corrected chi connectivity index (χ1v) is 7.89. The number of Topliss-reactive ketones (excluding diaryl/α,β-unsaturated/α-hetero) is 1. The van der Waals surface area contributed by atoms with Gasteiger partial charge in [-0.2, -0.15) is 0 Å². The smallest absolute Gasteiger partial charge is 0.133 e. The summed E-state index contributed by atoms with van der Waals surface area (Å²) in [6.07, 6.45) is 11.3. The first-order chi connectivity index (χ1) is 8.76. The van der Waals surface area contributed by atoms with Gasteiger partial charge >= 0.3 is 0 Å². The Morgan fingerprint density at radius 2 is 2.17 bits per heavy atom. The second kappa shape index (κ2) is 9.55. The highest BCUT2D eigenvalue weighted by Crippen LogP contribution is 2.21. The first kappa shape index (κ1) is 15.7. The Labute approximate surface area is 112 Å². The summed E-state index contributed by atoms with van der Waals surface area (Å²) >= 11 is 0. The molecule has 0 aromatic carbocycles. The maximum atomic E-state index is 12.0. The molecule has 2 unspecified atom stereocenters. The predicted molar refractivity (Wildman–Crippen MR) is 75.8 cm³/mol. The van der Waals surface area contributed by atoms with Crippen LogP contribution in [0.3, 0.4) is 0 Å². The van der Waals surface area contributed by atoms with Crippen molar-refractivity contribution in [3.63, 3.8) is 0 Å². The lowest BCUT2D eigenvalue weighted by atomic mass is 9.92. The second-order valence-corrected chi connectivity index (χ2v) is 5.69. The minimum absolute atomic E-state index is 0.360. The van der Waals surface area contributed by atoms with Crippen LogP contribution in [0.4, 0.5) is 0 Å². The average Bonchev–Trinajstić information content (AvgIpc) is 2.42. The highest BCUT2D eigenvalue weighted by atomic mass is 16.5. The van der Waals surface area contributed by atoms with Crippen LogP contribution >= 0.6 is 0 Å². The molecule has 0 bridgehead atoms. The lowest BCUT2D eigenvalue weighted by Gasteiger charge is -2.22. The molecule has 18 heavy (non-hydrogen) atoms. The van der Waals surface area contributed by atoms with Gasteiger partial charge in [0.25, 0.3) is 0 Å². The van der Waals surface area contributed by atoms with Crippen LogP contribution in [0.15, 0.2) is 0 Å². The number of unbranched alkanes of at least 4 members (excludes halogenated alkanes) is 1. The van der Waals surface area contributed by atoms with Crippen LogP contribution < -0.4 is 0 Å². The summed E-state index contributed by atoms with van der Waals surface area (Å²) in [5.41, 5.74) is 0. The van der Waals surface area contributed by atoms with Gasteiger partial charge in [0.15, 0.2) is 0 Å². The third kappa shape index (κ3) is 6.53. The van der Waals surface area contributed by atoms with Crippen LogP contribution in [0.1, 0.15) is 78.1 Å². The highest BCUT2D eigenvalue weighted by molar-refractivity contribution is 5.78. The summed E-state index contributed by atoms with van der Waals surface area (Å²) in [6.45, 7) is 5.32.